The topological polar surface area (TPSA) is 35.2 Å². The van der Waals surface area contributed by atoms with Crippen molar-refractivity contribution >= 4 is 15.9 Å². The van der Waals surface area contributed by atoms with Gasteiger partial charge in [-0.1, -0.05) is 19.4 Å². The fraction of sp³-hybridized carbons (Fsp3) is 0. The quantitative estimate of drug-likeness (QED) is 0.581. The van der Waals surface area contributed by atoms with Crippen LogP contribution in [-0.2, 0) is 0 Å². The maximum Gasteiger partial charge on any atom is 0.310 e. The zero-order valence-corrected chi connectivity index (χ0v) is 10.7. The summed E-state index contributed by atoms with van der Waals surface area (Å²) in [5.41, 5.74) is 5.95. The Morgan fingerprint density at radius 3 is 1.50 bits per heavy atom. The number of rotatable bonds is 3. The van der Waals surface area contributed by atoms with E-state index in [0.29, 0.717) is 23.6 Å². The molecule has 0 aromatic heterocycles. The number of hydrogen-bond donors (Lipinski definition) is 1. The second-order valence-electron chi connectivity index (χ2n) is 4.11. The summed E-state index contributed by atoms with van der Waals surface area (Å²) < 4.78 is 67.7. The molecule has 0 aliphatic carbocycles. The summed E-state index contributed by atoms with van der Waals surface area (Å²) in [6, 6.07) is 8.37. The maximum atomic E-state index is 12.5. The predicted molar refractivity (Wildman–Crippen MR) is 68.8 cm³/mol. The minimum absolute atomic E-state index is 0.0142. The van der Waals surface area contributed by atoms with Gasteiger partial charge in [0.2, 0.25) is 0 Å². The van der Waals surface area contributed by atoms with Crippen molar-refractivity contribution in [2.75, 3.05) is 5.73 Å². The molecule has 0 atom stereocenters. The largest absolute Gasteiger partial charge is 0.457 e. The van der Waals surface area contributed by atoms with E-state index in [9.17, 15) is 19.4 Å². The lowest BCUT2D eigenvalue weighted by Crippen LogP contribution is -2.05. The van der Waals surface area contributed by atoms with Crippen LogP contribution in [0.4, 0.5) is 25.1 Å². The monoisotopic (exact) mass is 311 g/mol. The molecule has 0 spiro atoms. The van der Waals surface area contributed by atoms with Crippen LogP contribution in [0.15, 0.2) is 53.4 Å². The molecule has 2 N–H and O–H groups in total. The highest BCUT2D eigenvalue weighted by molar-refractivity contribution is 8.45. The van der Waals surface area contributed by atoms with Crippen LogP contribution in [0.2, 0.25) is 0 Å². The summed E-state index contributed by atoms with van der Waals surface area (Å²) in [6.45, 7) is 0. The van der Waals surface area contributed by atoms with Gasteiger partial charge in [0.15, 0.2) is 0 Å². The molecule has 20 heavy (non-hydrogen) atoms. The molecule has 0 saturated carbocycles. The van der Waals surface area contributed by atoms with Crippen LogP contribution in [0.1, 0.15) is 0 Å². The van der Waals surface area contributed by atoms with Crippen molar-refractivity contribution in [3.05, 3.63) is 48.5 Å². The lowest BCUT2D eigenvalue weighted by molar-refractivity contribution is 0.364. The molecule has 2 nitrogen and oxygen atoms in total. The summed E-state index contributed by atoms with van der Waals surface area (Å²) in [5.74, 6) is 0.347. The van der Waals surface area contributed by atoms with Gasteiger partial charge in [0.1, 0.15) is 16.4 Å². The summed E-state index contributed by atoms with van der Waals surface area (Å²) in [7, 11) is -9.63. The number of hydrogen-bond acceptors (Lipinski definition) is 2. The Bertz CT molecular complexity index is 622. The van der Waals surface area contributed by atoms with Crippen LogP contribution in [0, 0.1) is 0 Å². The SMILES string of the molecule is Nc1ccc(Oc2ccc(S(F)(F)(F)(F)F)cc2)cc1. The summed E-state index contributed by atoms with van der Waals surface area (Å²) in [4.78, 5) is -1.95. The highest BCUT2D eigenvalue weighted by atomic mass is 32.5. The smallest absolute Gasteiger partial charge is 0.310 e. The second-order valence-corrected chi connectivity index (χ2v) is 6.52. The highest BCUT2D eigenvalue weighted by Gasteiger charge is 2.65. The van der Waals surface area contributed by atoms with Crippen molar-refractivity contribution < 1.29 is 24.2 Å². The van der Waals surface area contributed by atoms with Gasteiger partial charge in [0, 0.05) is 5.69 Å². The highest BCUT2D eigenvalue weighted by Crippen LogP contribution is 3.02. The zero-order chi connectivity index (χ0) is 15.1. The summed E-state index contributed by atoms with van der Waals surface area (Å²) in [6.07, 6.45) is 0. The van der Waals surface area contributed by atoms with Crippen LogP contribution >= 0.6 is 10.2 Å². The number of anilines is 1. The number of nitrogen functional groups attached to an aromatic ring is 1. The van der Waals surface area contributed by atoms with Gasteiger partial charge in [-0.2, -0.15) is 0 Å². The molecule has 2 aromatic rings. The van der Waals surface area contributed by atoms with E-state index >= 15 is 0 Å². The van der Waals surface area contributed by atoms with E-state index in [1.807, 2.05) is 0 Å². The molecule has 2 aromatic carbocycles. The van der Waals surface area contributed by atoms with Gasteiger partial charge >= 0.3 is 10.2 Å². The van der Waals surface area contributed by atoms with E-state index in [-0.39, 0.29) is 5.75 Å². The van der Waals surface area contributed by atoms with E-state index < -0.39 is 15.1 Å². The first-order valence-electron chi connectivity index (χ1n) is 5.32. The van der Waals surface area contributed by atoms with Crippen LogP contribution in [0.5, 0.6) is 11.5 Å². The Kier molecular flexibility index (Phi) is 2.73. The third-order valence-corrected chi connectivity index (χ3v) is 3.55. The number of nitrogens with two attached hydrogens (primary N) is 1. The standard InChI is InChI=1S/C12H10F5NOS/c13-20(14,15,16,17)12-7-5-11(6-8-12)19-10-3-1-9(18)2-4-10/h1-8H,18H2. The Balaban J connectivity index is 2.24. The summed E-state index contributed by atoms with van der Waals surface area (Å²) >= 11 is 0. The molecule has 110 valence electrons. The van der Waals surface area contributed by atoms with E-state index in [1.165, 1.54) is 12.1 Å². The average molecular weight is 311 g/mol. The van der Waals surface area contributed by atoms with Gasteiger partial charge in [-0.15, -0.1) is 0 Å². The molecule has 0 radical (unpaired) electrons. The summed E-state index contributed by atoms with van der Waals surface area (Å²) in [5, 5.41) is 0. The van der Waals surface area contributed by atoms with Crippen molar-refractivity contribution in [2.45, 2.75) is 4.90 Å². The van der Waals surface area contributed by atoms with Crippen LogP contribution in [0.25, 0.3) is 0 Å². The van der Waals surface area contributed by atoms with E-state index in [1.54, 1.807) is 12.1 Å². The van der Waals surface area contributed by atoms with Crippen molar-refractivity contribution in [2.24, 2.45) is 0 Å². The Morgan fingerprint density at radius 1 is 0.700 bits per heavy atom. The maximum absolute atomic E-state index is 12.5. The van der Waals surface area contributed by atoms with E-state index in [2.05, 4.69) is 0 Å². The number of benzene rings is 2. The molecule has 0 heterocycles. The number of halogens is 5. The van der Waals surface area contributed by atoms with Gasteiger partial charge in [-0.05, 0) is 48.5 Å². The molecule has 0 aliphatic heterocycles. The molecule has 0 unspecified atom stereocenters. The van der Waals surface area contributed by atoms with Gasteiger partial charge in [-0.3, -0.25) is 0 Å². The van der Waals surface area contributed by atoms with Gasteiger partial charge in [-0.25, -0.2) is 0 Å². The average Bonchev–Trinajstić information content (AvgIpc) is 2.30. The minimum atomic E-state index is -9.63. The first-order valence-corrected chi connectivity index (χ1v) is 7.27. The second kappa shape index (κ2) is 3.78. The molecule has 0 fully saturated rings. The molecular formula is C12H10F5NOS. The van der Waals surface area contributed by atoms with Crippen LogP contribution in [0.3, 0.4) is 0 Å². The number of ether oxygens (including phenoxy) is 1. The molecular weight excluding hydrogens is 301 g/mol. The van der Waals surface area contributed by atoms with Crippen molar-refractivity contribution in [3.8, 4) is 11.5 Å². The van der Waals surface area contributed by atoms with Crippen molar-refractivity contribution in [1.29, 1.82) is 0 Å². The third-order valence-electron chi connectivity index (χ3n) is 2.38. The molecule has 0 bridgehead atoms. The lowest BCUT2D eigenvalue weighted by atomic mass is 10.3. The fourth-order valence-corrected chi connectivity index (χ4v) is 2.09. The molecule has 0 amide bonds. The fourth-order valence-electron chi connectivity index (χ4n) is 1.44. The first-order chi connectivity index (χ1) is 8.94. The normalized spacial score (nSPS) is 15.2. The lowest BCUT2D eigenvalue weighted by Gasteiger charge is -2.40. The first kappa shape index (κ1) is 14.4. The van der Waals surface area contributed by atoms with Gasteiger partial charge in [0.25, 0.3) is 0 Å². The third kappa shape index (κ3) is 3.53. The van der Waals surface area contributed by atoms with E-state index in [4.69, 9.17) is 10.5 Å². The van der Waals surface area contributed by atoms with Gasteiger partial charge in [0.05, 0.1) is 0 Å². The minimum Gasteiger partial charge on any atom is -0.457 e. The predicted octanol–water partition coefficient (Wildman–Crippen LogP) is 5.72. The van der Waals surface area contributed by atoms with Crippen molar-refractivity contribution in [1.82, 2.24) is 0 Å². The van der Waals surface area contributed by atoms with Crippen molar-refractivity contribution in [3.63, 3.8) is 0 Å². The van der Waals surface area contributed by atoms with Gasteiger partial charge < -0.3 is 10.5 Å². The van der Waals surface area contributed by atoms with Crippen LogP contribution in [-0.4, -0.2) is 0 Å². The Hall–Kier alpha value is -1.96. The molecule has 2 rings (SSSR count). The zero-order valence-electron chi connectivity index (χ0n) is 9.90. The van der Waals surface area contributed by atoms with Crippen LogP contribution < -0.4 is 10.5 Å². The van der Waals surface area contributed by atoms with E-state index in [0.717, 1.165) is 12.1 Å². The molecule has 0 aliphatic rings. The molecule has 0 saturated heterocycles. The Morgan fingerprint density at radius 2 is 1.10 bits per heavy atom. The Labute approximate surface area is 111 Å². The molecule has 8 heteroatoms.